The van der Waals surface area contributed by atoms with E-state index in [0.717, 1.165) is 24.2 Å². The summed E-state index contributed by atoms with van der Waals surface area (Å²) in [5, 5.41) is 3.26. The zero-order valence-corrected chi connectivity index (χ0v) is 18.6. The molecule has 7 nitrogen and oxygen atoms in total. The molecule has 1 saturated heterocycles. The van der Waals surface area contributed by atoms with Gasteiger partial charge in [0.15, 0.2) is 5.96 Å². The van der Waals surface area contributed by atoms with Crippen molar-refractivity contribution in [1.29, 1.82) is 0 Å². The van der Waals surface area contributed by atoms with Crippen LogP contribution in [0.5, 0.6) is 5.75 Å². The standard InChI is InChI=1S/C19H30N4O3.HI/c1-4-26-19(24)23-11-9-15(10-12-23)22-18(20)21-13-14(2)16-7-5-6-8-17(16)25-3;/h5-8,14-15H,4,9-13H2,1-3H3,(H3,20,21,22);1H. The maximum absolute atomic E-state index is 11.7. The van der Waals surface area contributed by atoms with Crippen LogP contribution < -0.4 is 15.8 Å². The number of carbonyl (C=O) groups excluding carboxylic acids is 1. The van der Waals surface area contributed by atoms with Crippen molar-refractivity contribution in [3.8, 4) is 5.75 Å². The fraction of sp³-hybridized carbons (Fsp3) is 0.579. The number of amides is 1. The highest BCUT2D eigenvalue weighted by atomic mass is 127. The zero-order chi connectivity index (χ0) is 18.9. The van der Waals surface area contributed by atoms with Crippen LogP contribution in [-0.2, 0) is 4.74 Å². The summed E-state index contributed by atoms with van der Waals surface area (Å²) < 4.78 is 10.4. The Morgan fingerprint density at radius 2 is 2.04 bits per heavy atom. The van der Waals surface area contributed by atoms with Crippen LogP contribution >= 0.6 is 24.0 Å². The van der Waals surface area contributed by atoms with Crippen LogP contribution in [0.1, 0.15) is 38.2 Å². The number of para-hydroxylation sites is 1. The number of ether oxygens (including phenoxy) is 2. The largest absolute Gasteiger partial charge is 0.496 e. The van der Waals surface area contributed by atoms with E-state index in [1.807, 2.05) is 31.2 Å². The van der Waals surface area contributed by atoms with Gasteiger partial charge >= 0.3 is 6.09 Å². The van der Waals surface area contributed by atoms with Gasteiger partial charge in [-0.3, -0.25) is 4.99 Å². The molecule has 1 heterocycles. The average molecular weight is 490 g/mol. The minimum Gasteiger partial charge on any atom is -0.496 e. The van der Waals surface area contributed by atoms with Crippen molar-refractivity contribution in [2.45, 2.75) is 38.6 Å². The molecule has 27 heavy (non-hydrogen) atoms. The van der Waals surface area contributed by atoms with E-state index in [1.165, 1.54) is 0 Å². The van der Waals surface area contributed by atoms with Crippen molar-refractivity contribution in [3.05, 3.63) is 29.8 Å². The molecule has 0 aromatic heterocycles. The van der Waals surface area contributed by atoms with E-state index in [0.29, 0.717) is 32.2 Å². The van der Waals surface area contributed by atoms with E-state index in [1.54, 1.807) is 12.0 Å². The second-order valence-electron chi connectivity index (χ2n) is 6.47. The predicted octanol–water partition coefficient (Wildman–Crippen LogP) is 2.94. The maximum Gasteiger partial charge on any atom is 0.409 e. The number of methoxy groups -OCH3 is 1. The van der Waals surface area contributed by atoms with Crippen molar-refractivity contribution in [2.24, 2.45) is 10.7 Å². The number of nitrogens with two attached hydrogens (primary N) is 1. The quantitative estimate of drug-likeness (QED) is 0.364. The van der Waals surface area contributed by atoms with Crippen LogP contribution in [0, 0.1) is 0 Å². The number of piperidine rings is 1. The van der Waals surface area contributed by atoms with E-state index < -0.39 is 0 Å². The number of guanidine groups is 1. The van der Waals surface area contributed by atoms with Gasteiger partial charge in [0.25, 0.3) is 0 Å². The van der Waals surface area contributed by atoms with Gasteiger partial charge in [-0.25, -0.2) is 4.79 Å². The van der Waals surface area contributed by atoms with Crippen LogP contribution in [0.25, 0.3) is 0 Å². The highest BCUT2D eigenvalue weighted by Gasteiger charge is 2.23. The van der Waals surface area contributed by atoms with Crippen molar-refractivity contribution in [1.82, 2.24) is 10.2 Å². The van der Waals surface area contributed by atoms with Gasteiger partial charge in [-0.1, -0.05) is 25.1 Å². The van der Waals surface area contributed by atoms with Gasteiger partial charge in [-0.2, -0.15) is 0 Å². The first-order chi connectivity index (χ1) is 12.5. The minimum atomic E-state index is -0.238. The molecular weight excluding hydrogens is 459 g/mol. The third kappa shape index (κ3) is 7.08. The third-order valence-corrected chi connectivity index (χ3v) is 4.58. The van der Waals surface area contributed by atoms with Gasteiger partial charge in [0.1, 0.15) is 5.75 Å². The monoisotopic (exact) mass is 490 g/mol. The van der Waals surface area contributed by atoms with E-state index in [9.17, 15) is 4.79 Å². The van der Waals surface area contributed by atoms with Crippen molar-refractivity contribution >= 4 is 36.0 Å². The summed E-state index contributed by atoms with van der Waals surface area (Å²) in [5.74, 6) is 1.52. The van der Waals surface area contributed by atoms with Crippen LogP contribution in [0.4, 0.5) is 4.79 Å². The number of rotatable bonds is 6. The number of aliphatic imine (C=N–C) groups is 1. The zero-order valence-electron chi connectivity index (χ0n) is 16.3. The van der Waals surface area contributed by atoms with E-state index in [4.69, 9.17) is 15.2 Å². The van der Waals surface area contributed by atoms with Crippen LogP contribution in [-0.4, -0.2) is 56.3 Å². The molecule has 1 amide bonds. The SMILES string of the molecule is CCOC(=O)N1CCC(NC(N)=NCC(C)c2ccccc2OC)CC1.I. The lowest BCUT2D eigenvalue weighted by molar-refractivity contribution is 0.0963. The first-order valence-corrected chi connectivity index (χ1v) is 9.16. The number of carbonyl (C=O) groups is 1. The fourth-order valence-corrected chi connectivity index (χ4v) is 3.08. The molecule has 152 valence electrons. The second kappa shape index (κ2) is 11.9. The highest BCUT2D eigenvalue weighted by Crippen LogP contribution is 2.26. The topological polar surface area (TPSA) is 89.2 Å². The molecule has 0 radical (unpaired) electrons. The first-order valence-electron chi connectivity index (χ1n) is 9.16. The lowest BCUT2D eigenvalue weighted by Gasteiger charge is -2.31. The number of hydrogen-bond donors (Lipinski definition) is 2. The molecule has 1 unspecified atom stereocenters. The number of likely N-dealkylation sites (tertiary alicyclic amines) is 1. The summed E-state index contributed by atoms with van der Waals surface area (Å²) in [6.45, 7) is 6.24. The molecule has 8 heteroatoms. The Balaban J connectivity index is 0.00000364. The summed E-state index contributed by atoms with van der Waals surface area (Å²) in [4.78, 5) is 17.9. The Hall–Kier alpha value is -1.71. The van der Waals surface area contributed by atoms with E-state index >= 15 is 0 Å². The Kier molecular flexibility index (Phi) is 10.3. The minimum absolute atomic E-state index is 0. The molecule has 2 rings (SSSR count). The number of benzene rings is 1. The lowest BCUT2D eigenvalue weighted by Crippen LogP contribution is -2.48. The first kappa shape index (κ1) is 23.3. The molecule has 0 aliphatic carbocycles. The van der Waals surface area contributed by atoms with Crippen LogP contribution in [0.2, 0.25) is 0 Å². The van der Waals surface area contributed by atoms with Gasteiger partial charge in [0, 0.05) is 31.6 Å². The maximum atomic E-state index is 11.7. The summed E-state index contributed by atoms with van der Waals surface area (Å²) >= 11 is 0. The Morgan fingerprint density at radius 3 is 2.67 bits per heavy atom. The third-order valence-electron chi connectivity index (χ3n) is 4.58. The molecular formula is C19H31IN4O3. The number of nitrogens with one attached hydrogen (secondary N) is 1. The number of nitrogens with zero attached hydrogens (tertiary/aromatic N) is 2. The molecule has 1 aliphatic heterocycles. The van der Waals surface area contributed by atoms with Gasteiger partial charge in [-0.15, -0.1) is 24.0 Å². The van der Waals surface area contributed by atoms with Crippen LogP contribution in [0.15, 0.2) is 29.3 Å². The van der Waals surface area contributed by atoms with E-state index in [2.05, 4.69) is 17.2 Å². The molecule has 1 aromatic carbocycles. The molecule has 3 N–H and O–H groups in total. The fourth-order valence-electron chi connectivity index (χ4n) is 3.08. The normalized spacial score (nSPS) is 16.3. The molecule has 0 bridgehead atoms. The Morgan fingerprint density at radius 1 is 1.37 bits per heavy atom. The molecule has 1 aliphatic rings. The van der Waals surface area contributed by atoms with E-state index in [-0.39, 0.29) is 42.0 Å². The molecule has 1 aromatic rings. The van der Waals surface area contributed by atoms with Gasteiger partial charge in [-0.05, 0) is 31.4 Å². The van der Waals surface area contributed by atoms with Crippen molar-refractivity contribution in [3.63, 3.8) is 0 Å². The highest BCUT2D eigenvalue weighted by molar-refractivity contribution is 14.0. The van der Waals surface area contributed by atoms with Crippen LogP contribution in [0.3, 0.4) is 0 Å². The summed E-state index contributed by atoms with van der Waals surface area (Å²) in [6.07, 6.45) is 1.42. The second-order valence-corrected chi connectivity index (χ2v) is 6.47. The summed E-state index contributed by atoms with van der Waals surface area (Å²) in [7, 11) is 1.67. The number of halogens is 1. The molecule has 0 spiro atoms. The number of hydrogen-bond acceptors (Lipinski definition) is 4. The average Bonchev–Trinajstić information content (AvgIpc) is 2.66. The Bertz CT molecular complexity index is 619. The van der Waals surface area contributed by atoms with Crippen molar-refractivity contribution < 1.29 is 14.3 Å². The predicted molar refractivity (Wildman–Crippen MR) is 118 cm³/mol. The summed E-state index contributed by atoms with van der Waals surface area (Å²) in [5.41, 5.74) is 7.17. The molecule has 0 saturated carbocycles. The van der Waals surface area contributed by atoms with Crippen molar-refractivity contribution in [2.75, 3.05) is 33.4 Å². The van der Waals surface area contributed by atoms with Gasteiger partial charge in [0.05, 0.1) is 13.7 Å². The lowest BCUT2D eigenvalue weighted by atomic mass is 10.0. The Labute approximate surface area is 178 Å². The smallest absolute Gasteiger partial charge is 0.409 e. The van der Waals surface area contributed by atoms with Gasteiger partial charge in [0.2, 0.25) is 0 Å². The molecule has 1 fully saturated rings. The molecule has 1 atom stereocenters. The van der Waals surface area contributed by atoms with Gasteiger partial charge < -0.3 is 25.4 Å². The summed E-state index contributed by atoms with van der Waals surface area (Å²) in [6, 6.07) is 8.18.